The molecule has 3 fully saturated rings. The van der Waals surface area contributed by atoms with Crippen molar-refractivity contribution >= 4 is 5.71 Å². The fraction of sp³-hybridized carbons (Fsp3) is 0.903. The Balaban J connectivity index is 1.42. The standard InChI is InChI=1S/C31H54N2O/c1-22(2)9-8-10-23(3)27-13-14-28-26-12-11-24-21-25(32-34-20-19-33(6)7)15-17-30(24,4)29(26)16-18-31(27,28)5/h21-23,26-29H,8-20H2,1-7H3/b32-25+/t23-,26?,27?,28?,29?,30+,31-/m1/s1. The molecule has 34 heavy (non-hydrogen) atoms. The van der Waals surface area contributed by atoms with Crippen LogP contribution in [0.2, 0.25) is 0 Å². The Labute approximate surface area is 211 Å². The van der Waals surface area contributed by atoms with Gasteiger partial charge in [0.05, 0.1) is 5.71 Å². The van der Waals surface area contributed by atoms with E-state index in [1.165, 1.54) is 69.9 Å². The number of fused-ring (bicyclic) bond motifs is 5. The number of hydrogen-bond donors (Lipinski definition) is 0. The minimum absolute atomic E-state index is 0.397. The summed E-state index contributed by atoms with van der Waals surface area (Å²) in [6.45, 7) is 14.3. The number of rotatable bonds is 9. The first-order valence-electron chi connectivity index (χ1n) is 14.7. The lowest BCUT2D eigenvalue weighted by Gasteiger charge is -2.58. The van der Waals surface area contributed by atoms with Gasteiger partial charge >= 0.3 is 0 Å². The summed E-state index contributed by atoms with van der Waals surface area (Å²) in [5.74, 6) is 5.51. The highest BCUT2D eigenvalue weighted by Gasteiger charge is 2.59. The molecule has 4 aliphatic carbocycles. The summed E-state index contributed by atoms with van der Waals surface area (Å²) < 4.78 is 0. The van der Waals surface area contributed by atoms with Crippen LogP contribution in [-0.2, 0) is 4.84 Å². The average molecular weight is 471 g/mol. The van der Waals surface area contributed by atoms with Crippen LogP contribution in [0, 0.1) is 46.3 Å². The number of oxime groups is 1. The van der Waals surface area contributed by atoms with E-state index in [4.69, 9.17) is 4.84 Å². The summed E-state index contributed by atoms with van der Waals surface area (Å²) in [6, 6.07) is 0. The zero-order valence-electron chi connectivity index (χ0n) is 23.5. The topological polar surface area (TPSA) is 24.8 Å². The van der Waals surface area contributed by atoms with E-state index < -0.39 is 0 Å². The van der Waals surface area contributed by atoms with E-state index in [-0.39, 0.29) is 0 Å². The second-order valence-electron chi connectivity index (χ2n) is 13.8. The summed E-state index contributed by atoms with van der Waals surface area (Å²) >= 11 is 0. The van der Waals surface area contributed by atoms with Gasteiger partial charge in [-0.2, -0.15) is 0 Å². The third-order valence-corrected chi connectivity index (χ3v) is 11.0. The second-order valence-corrected chi connectivity index (χ2v) is 13.8. The molecule has 0 amide bonds. The van der Waals surface area contributed by atoms with Crippen LogP contribution < -0.4 is 0 Å². The maximum absolute atomic E-state index is 5.65. The molecule has 0 N–H and O–H groups in total. The molecule has 3 heteroatoms. The van der Waals surface area contributed by atoms with Crippen LogP contribution >= 0.6 is 0 Å². The van der Waals surface area contributed by atoms with Gasteiger partial charge in [-0.3, -0.25) is 0 Å². The van der Waals surface area contributed by atoms with Crippen LogP contribution in [0.4, 0.5) is 0 Å². The molecular weight excluding hydrogens is 416 g/mol. The van der Waals surface area contributed by atoms with Gasteiger partial charge in [0.2, 0.25) is 0 Å². The van der Waals surface area contributed by atoms with Gasteiger partial charge < -0.3 is 9.74 Å². The lowest BCUT2D eigenvalue weighted by atomic mass is 9.46. The molecule has 4 unspecified atom stereocenters. The number of likely N-dealkylation sites (N-methyl/N-ethyl adjacent to an activating group) is 1. The average Bonchev–Trinajstić information content (AvgIpc) is 3.13. The van der Waals surface area contributed by atoms with E-state index >= 15 is 0 Å². The molecule has 0 spiro atoms. The maximum atomic E-state index is 5.65. The van der Waals surface area contributed by atoms with E-state index in [0.717, 1.165) is 48.5 Å². The van der Waals surface area contributed by atoms with Crippen molar-refractivity contribution in [3.63, 3.8) is 0 Å². The van der Waals surface area contributed by atoms with Crippen LogP contribution in [-0.4, -0.2) is 37.9 Å². The summed E-state index contributed by atoms with van der Waals surface area (Å²) in [7, 11) is 4.16. The van der Waals surface area contributed by atoms with Crippen LogP contribution in [0.15, 0.2) is 16.8 Å². The highest BCUT2D eigenvalue weighted by molar-refractivity contribution is 5.96. The van der Waals surface area contributed by atoms with Crippen LogP contribution in [0.3, 0.4) is 0 Å². The van der Waals surface area contributed by atoms with Crippen LogP contribution in [0.1, 0.15) is 105 Å². The summed E-state index contributed by atoms with van der Waals surface area (Å²) in [5.41, 5.74) is 3.86. The van der Waals surface area contributed by atoms with Gasteiger partial charge in [-0.1, -0.05) is 64.6 Å². The minimum Gasteiger partial charge on any atom is -0.394 e. The predicted octanol–water partition coefficient (Wildman–Crippen LogP) is 7.96. The Bertz CT molecular complexity index is 755. The summed E-state index contributed by atoms with van der Waals surface area (Å²) in [6.07, 6.45) is 17.7. The smallest absolute Gasteiger partial charge is 0.129 e. The molecule has 3 saturated carbocycles. The quantitative estimate of drug-likeness (QED) is 0.252. The molecule has 0 aromatic carbocycles. The lowest BCUT2D eigenvalue weighted by Crippen LogP contribution is -2.51. The lowest BCUT2D eigenvalue weighted by molar-refractivity contribution is -0.0574. The van der Waals surface area contributed by atoms with Crippen molar-refractivity contribution in [3.05, 3.63) is 11.6 Å². The minimum atomic E-state index is 0.397. The van der Waals surface area contributed by atoms with E-state index in [1.807, 2.05) is 0 Å². The van der Waals surface area contributed by atoms with E-state index in [9.17, 15) is 0 Å². The van der Waals surface area contributed by atoms with E-state index in [2.05, 4.69) is 64.8 Å². The van der Waals surface area contributed by atoms with Gasteiger partial charge in [-0.05, 0) is 118 Å². The molecule has 0 heterocycles. The zero-order valence-corrected chi connectivity index (χ0v) is 23.5. The third kappa shape index (κ3) is 5.16. The SMILES string of the molecule is CC(C)CCC[C@@H](C)C1CCC2C3CCC4=C/C(=N/OCCN(C)C)CC[C@]4(C)C3CC[C@@]21C. The van der Waals surface area contributed by atoms with Gasteiger partial charge in [-0.15, -0.1) is 0 Å². The monoisotopic (exact) mass is 470 g/mol. The van der Waals surface area contributed by atoms with Crippen molar-refractivity contribution in [1.29, 1.82) is 0 Å². The highest BCUT2D eigenvalue weighted by Crippen LogP contribution is 2.67. The Morgan fingerprint density at radius 3 is 2.53 bits per heavy atom. The largest absolute Gasteiger partial charge is 0.394 e. The molecule has 0 radical (unpaired) electrons. The normalized spacial score (nSPS) is 39.6. The summed E-state index contributed by atoms with van der Waals surface area (Å²) in [4.78, 5) is 7.80. The Morgan fingerprint density at radius 1 is 1.00 bits per heavy atom. The fourth-order valence-corrected chi connectivity index (χ4v) is 9.02. The van der Waals surface area contributed by atoms with Crippen LogP contribution in [0.25, 0.3) is 0 Å². The molecule has 0 aliphatic heterocycles. The molecule has 0 aromatic heterocycles. The van der Waals surface area contributed by atoms with Gasteiger partial charge in [0.1, 0.15) is 6.61 Å². The fourth-order valence-electron chi connectivity index (χ4n) is 9.02. The molecule has 0 aromatic rings. The zero-order chi connectivity index (χ0) is 24.5. The Kier molecular flexibility index (Phi) is 8.22. The van der Waals surface area contributed by atoms with E-state index in [0.29, 0.717) is 17.4 Å². The van der Waals surface area contributed by atoms with Crippen molar-refractivity contribution in [3.8, 4) is 0 Å². The Morgan fingerprint density at radius 2 is 1.79 bits per heavy atom. The molecule has 0 saturated heterocycles. The van der Waals surface area contributed by atoms with Crippen molar-refractivity contribution in [2.24, 2.45) is 51.5 Å². The van der Waals surface area contributed by atoms with Gasteiger partial charge in [0.25, 0.3) is 0 Å². The Hall–Kier alpha value is -0.830. The summed E-state index contributed by atoms with van der Waals surface area (Å²) in [5, 5.41) is 4.52. The molecule has 7 atom stereocenters. The molecule has 4 aliphatic rings. The van der Waals surface area contributed by atoms with Crippen molar-refractivity contribution in [2.75, 3.05) is 27.2 Å². The maximum Gasteiger partial charge on any atom is 0.129 e. The first-order chi connectivity index (χ1) is 16.1. The second kappa shape index (κ2) is 10.7. The third-order valence-electron chi connectivity index (χ3n) is 11.0. The van der Waals surface area contributed by atoms with Gasteiger partial charge in [0, 0.05) is 6.54 Å². The highest BCUT2D eigenvalue weighted by atomic mass is 16.6. The van der Waals surface area contributed by atoms with E-state index in [1.54, 1.807) is 5.57 Å². The van der Waals surface area contributed by atoms with Crippen molar-refractivity contribution < 1.29 is 4.84 Å². The number of nitrogens with zero attached hydrogens (tertiary/aromatic N) is 2. The molecular formula is C31H54N2O. The molecule has 3 nitrogen and oxygen atoms in total. The molecule has 0 bridgehead atoms. The molecule has 194 valence electrons. The first kappa shape index (κ1) is 26.2. The van der Waals surface area contributed by atoms with Crippen molar-refractivity contribution in [1.82, 2.24) is 4.90 Å². The molecule has 4 rings (SSSR count). The van der Waals surface area contributed by atoms with Crippen molar-refractivity contribution in [2.45, 2.75) is 105 Å². The number of hydrogen-bond acceptors (Lipinski definition) is 3. The number of allylic oxidation sites excluding steroid dienone is 2. The predicted molar refractivity (Wildman–Crippen MR) is 145 cm³/mol. The van der Waals surface area contributed by atoms with Gasteiger partial charge in [0.15, 0.2) is 0 Å². The van der Waals surface area contributed by atoms with Crippen LogP contribution in [0.5, 0.6) is 0 Å². The first-order valence-corrected chi connectivity index (χ1v) is 14.7. The van der Waals surface area contributed by atoms with Gasteiger partial charge in [-0.25, -0.2) is 0 Å².